The van der Waals surface area contributed by atoms with Gasteiger partial charge >= 0.3 is 0 Å². The number of rotatable bonds is 4. The van der Waals surface area contributed by atoms with Crippen LogP contribution in [-0.2, 0) is 5.41 Å². The maximum absolute atomic E-state index is 6.06. The maximum atomic E-state index is 6.06. The van der Waals surface area contributed by atoms with E-state index in [1.54, 1.807) is 0 Å². The van der Waals surface area contributed by atoms with E-state index in [0.29, 0.717) is 0 Å². The predicted octanol–water partition coefficient (Wildman–Crippen LogP) is 4.42. The summed E-state index contributed by atoms with van der Waals surface area (Å²) in [6.07, 6.45) is 0.974. The summed E-state index contributed by atoms with van der Waals surface area (Å²) < 4.78 is 0. The predicted molar refractivity (Wildman–Crippen MR) is 82.2 cm³/mol. The van der Waals surface area contributed by atoms with E-state index in [2.05, 4.69) is 75.4 Å². The first kappa shape index (κ1) is 13.8. The number of nitrogens with two attached hydrogens (primary N) is 1. The van der Waals surface area contributed by atoms with E-state index in [0.717, 1.165) is 6.42 Å². The van der Waals surface area contributed by atoms with Crippen LogP contribution in [0.1, 0.15) is 49.9 Å². The summed E-state index contributed by atoms with van der Waals surface area (Å²) in [6.45, 7) is 6.64. The highest BCUT2D eigenvalue weighted by Crippen LogP contribution is 2.31. The van der Waals surface area contributed by atoms with Crippen LogP contribution >= 0.6 is 0 Å². The van der Waals surface area contributed by atoms with E-state index in [-0.39, 0.29) is 11.5 Å². The van der Waals surface area contributed by atoms with Gasteiger partial charge in [0.05, 0.1) is 0 Å². The molecular formula is C18H23N. The van der Waals surface area contributed by atoms with Crippen molar-refractivity contribution < 1.29 is 0 Å². The van der Waals surface area contributed by atoms with Crippen LogP contribution in [-0.4, -0.2) is 0 Å². The second kappa shape index (κ2) is 5.58. The lowest BCUT2D eigenvalue weighted by atomic mass is 9.78. The molecule has 2 aromatic carbocycles. The van der Waals surface area contributed by atoms with E-state index in [4.69, 9.17) is 5.73 Å². The fraction of sp³-hybridized carbons (Fsp3) is 0.333. The van der Waals surface area contributed by atoms with Gasteiger partial charge in [-0.1, -0.05) is 75.4 Å². The zero-order chi connectivity index (χ0) is 13.9. The summed E-state index contributed by atoms with van der Waals surface area (Å²) in [6, 6.07) is 19.5. The first-order valence-corrected chi connectivity index (χ1v) is 6.97. The van der Waals surface area contributed by atoms with Gasteiger partial charge in [0.2, 0.25) is 0 Å². The molecule has 2 rings (SSSR count). The minimum Gasteiger partial charge on any atom is -0.324 e. The molecule has 1 heteroatoms. The van der Waals surface area contributed by atoms with E-state index in [1.165, 1.54) is 16.7 Å². The fourth-order valence-electron chi connectivity index (χ4n) is 2.40. The van der Waals surface area contributed by atoms with Crippen LogP contribution in [0.15, 0.2) is 54.6 Å². The molecule has 2 N–H and O–H groups in total. The molecule has 0 bridgehead atoms. The molecule has 19 heavy (non-hydrogen) atoms. The molecule has 0 saturated carbocycles. The Bertz CT molecular complexity index is 511. The lowest BCUT2D eigenvalue weighted by Crippen LogP contribution is -2.19. The van der Waals surface area contributed by atoms with Gasteiger partial charge < -0.3 is 5.73 Å². The van der Waals surface area contributed by atoms with Gasteiger partial charge in [-0.25, -0.2) is 0 Å². The van der Waals surface area contributed by atoms with Gasteiger partial charge in [-0.15, -0.1) is 0 Å². The molecule has 0 amide bonds. The Labute approximate surface area is 116 Å². The maximum Gasteiger partial charge on any atom is 0.0292 e. The van der Waals surface area contributed by atoms with Gasteiger partial charge in [-0.2, -0.15) is 0 Å². The Morgan fingerprint density at radius 2 is 1.42 bits per heavy atom. The van der Waals surface area contributed by atoms with Gasteiger partial charge in [0.15, 0.2) is 0 Å². The summed E-state index contributed by atoms with van der Waals surface area (Å²) in [4.78, 5) is 0. The quantitative estimate of drug-likeness (QED) is 0.857. The minimum absolute atomic E-state index is 0.0239. The summed E-state index contributed by atoms with van der Waals surface area (Å²) in [5, 5.41) is 0. The second-order valence-corrected chi connectivity index (χ2v) is 5.63. The van der Waals surface area contributed by atoms with Crippen LogP contribution in [0.3, 0.4) is 0 Å². The van der Waals surface area contributed by atoms with Crippen molar-refractivity contribution in [3.8, 4) is 0 Å². The molecule has 0 spiro atoms. The summed E-state index contributed by atoms with van der Waals surface area (Å²) in [5.74, 6) is 0. The second-order valence-electron chi connectivity index (χ2n) is 5.63. The normalized spacial score (nSPS) is 13.3. The Hall–Kier alpha value is -1.60. The van der Waals surface area contributed by atoms with E-state index < -0.39 is 0 Å². The third-order valence-corrected chi connectivity index (χ3v) is 4.00. The molecule has 0 aromatic heterocycles. The summed E-state index contributed by atoms with van der Waals surface area (Å²) in [5.41, 5.74) is 9.97. The average Bonchev–Trinajstić information content (AvgIpc) is 2.47. The van der Waals surface area contributed by atoms with Crippen LogP contribution in [0.25, 0.3) is 0 Å². The van der Waals surface area contributed by atoms with Crippen molar-refractivity contribution in [3.05, 3.63) is 71.3 Å². The van der Waals surface area contributed by atoms with Gasteiger partial charge in [-0.3, -0.25) is 0 Å². The number of hydrogen-bond donors (Lipinski definition) is 1. The fourth-order valence-corrected chi connectivity index (χ4v) is 2.40. The van der Waals surface area contributed by atoms with Crippen molar-refractivity contribution in [2.24, 2.45) is 5.73 Å². The first-order chi connectivity index (χ1) is 9.05. The number of benzene rings is 2. The third kappa shape index (κ3) is 2.87. The minimum atomic E-state index is 0.0239. The van der Waals surface area contributed by atoms with Crippen LogP contribution in [0.4, 0.5) is 0 Å². The highest BCUT2D eigenvalue weighted by molar-refractivity contribution is 5.38. The largest absolute Gasteiger partial charge is 0.324 e. The Balaban J connectivity index is 2.31. The summed E-state index contributed by atoms with van der Waals surface area (Å²) >= 11 is 0. The molecule has 2 aromatic rings. The molecular weight excluding hydrogens is 230 g/mol. The van der Waals surface area contributed by atoms with Crippen molar-refractivity contribution >= 4 is 0 Å². The van der Waals surface area contributed by atoms with Crippen molar-refractivity contribution in [1.29, 1.82) is 0 Å². The van der Waals surface area contributed by atoms with Crippen LogP contribution in [0.5, 0.6) is 0 Å². The summed E-state index contributed by atoms with van der Waals surface area (Å²) in [7, 11) is 0. The lowest BCUT2D eigenvalue weighted by molar-refractivity contribution is 0.638. The SMILES string of the molecule is CCC(N)c1ccc(C(C)(C)c2ccccc2)cc1. The lowest BCUT2D eigenvalue weighted by Gasteiger charge is -2.26. The molecule has 1 atom stereocenters. The molecule has 1 unspecified atom stereocenters. The van der Waals surface area contributed by atoms with E-state index in [1.807, 2.05) is 0 Å². The Morgan fingerprint density at radius 1 is 0.895 bits per heavy atom. The monoisotopic (exact) mass is 253 g/mol. The first-order valence-electron chi connectivity index (χ1n) is 6.97. The molecule has 0 heterocycles. The highest BCUT2D eigenvalue weighted by Gasteiger charge is 2.22. The van der Waals surface area contributed by atoms with Crippen molar-refractivity contribution in [1.82, 2.24) is 0 Å². The molecule has 0 aliphatic heterocycles. The zero-order valence-corrected chi connectivity index (χ0v) is 12.1. The van der Waals surface area contributed by atoms with Gasteiger partial charge in [0, 0.05) is 11.5 Å². The standard InChI is InChI=1S/C18H23N/c1-4-17(19)14-10-12-16(13-11-14)18(2,3)15-8-6-5-7-9-15/h5-13,17H,4,19H2,1-3H3. The Morgan fingerprint density at radius 3 is 1.95 bits per heavy atom. The molecule has 0 aliphatic rings. The van der Waals surface area contributed by atoms with Crippen LogP contribution in [0.2, 0.25) is 0 Å². The molecule has 0 radical (unpaired) electrons. The third-order valence-electron chi connectivity index (χ3n) is 4.00. The highest BCUT2D eigenvalue weighted by atomic mass is 14.6. The van der Waals surface area contributed by atoms with Gasteiger partial charge in [0.1, 0.15) is 0 Å². The van der Waals surface area contributed by atoms with E-state index in [9.17, 15) is 0 Å². The Kier molecular flexibility index (Phi) is 4.06. The van der Waals surface area contributed by atoms with Gasteiger partial charge in [0.25, 0.3) is 0 Å². The molecule has 1 nitrogen and oxygen atoms in total. The zero-order valence-electron chi connectivity index (χ0n) is 12.1. The van der Waals surface area contributed by atoms with Crippen molar-refractivity contribution in [3.63, 3.8) is 0 Å². The molecule has 100 valence electrons. The van der Waals surface area contributed by atoms with Gasteiger partial charge in [-0.05, 0) is 23.1 Å². The van der Waals surface area contributed by atoms with Crippen molar-refractivity contribution in [2.75, 3.05) is 0 Å². The smallest absolute Gasteiger partial charge is 0.0292 e. The topological polar surface area (TPSA) is 26.0 Å². The van der Waals surface area contributed by atoms with Crippen LogP contribution < -0.4 is 5.73 Å². The number of hydrogen-bond acceptors (Lipinski definition) is 1. The van der Waals surface area contributed by atoms with Crippen LogP contribution in [0, 0.1) is 0 Å². The van der Waals surface area contributed by atoms with Crippen molar-refractivity contribution in [2.45, 2.75) is 38.6 Å². The molecule has 0 fully saturated rings. The molecule has 0 aliphatic carbocycles. The average molecular weight is 253 g/mol. The molecule has 0 saturated heterocycles. The van der Waals surface area contributed by atoms with E-state index >= 15 is 0 Å².